The minimum Gasteiger partial charge on any atom is -0.368 e. The molecule has 4 N–H and O–H groups in total. The van der Waals surface area contributed by atoms with Crippen LogP contribution in [0.15, 0.2) is 59.1 Å². The van der Waals surface area contributed by atoms with Crippen molar-refractivity contribution >= 4 is 50.5 Å². The first kappa shape index (κ1) is 23.6. The molecule has 172 valence electrons. The third-order valence-corrected chi connectivity index (χ3v) is 6.98. The maximum atomic E-state index is 12.2. The van der Waals surface area contributed by atoms with E-state index in [0.29, 0.717) is 16.3 Å². The van der Waals surface area contributed by atoms with Crippen LogP contribution in [0.4, 0.5) is 17.1 Å². The Labute approximate surface area is 208 Å². The number of carbonyl (C=O) groups excluding carboxylic acids is 1. The number of hydrogen-bond acceptors (Lipinski definition) is 4. The largest absolute Gasteiger partial charge is 0.368 e. The number of amides is 1. The van der Waals surface area contributed by atoms with Crippen LogP contribution in [0.5, 0.6) is 0 Å². The molecule has 1 amide bonds. The Morgan fingerprint density at radius 2 is 1.97 bits per heavy atom. The second-order valence-corrected chi connectivity index (χ2v) is 10.3. The fourth-order valence-electron chi connectivity index (χ4n) is 4.23. The maximum absolute atomic E-state index is 12.2. The highest BCUT2D eigenvalue weighted by Gasteiger charge is 2.27. The van der Waals surface area contributed by atoms with Gasteiger partial charge in [-0.05, 0) is 78.2 Å². The van der Waals surface area contributed by atoms with E-state index in [9.17, 15) is 4.79 Å². The highest BCUT2D eigenvalue weighted by Crippen LogP contribution is 2.38. The van der Waals surface area contributed by atoms with E-state index in [1.165, 1.54) is 0 Å². The SMILES string of the molecule is Cc1ccc(Nc2c(C(N)=O)cccc2-c2ccc(N3CCNC(C)(C)C3)c(Br)c2)cc1Cl. The molecule has 0 bridgehead atoms. The number of para-hydroxylation sites is 1. The highest BCUT2D eigenvalue weighted by atomic mass is 79.9. The van der Waals surface area contributed by atoms with Gasteiger partial charge >= 0.3 is 0 Å². The second-order valence-electron chi connectivity index (χ2n) is 9.08. The molecule has 0 saturated carbocycles. The van der Waals surface area contributed by atoms with Crippen molar-refractivity contribution in [3.05, 3.63) is 75.2 Å². The minimum atomic E-state index is -0.490. The number of nitrogens with zero attached hydrogens (tertiary/aromatic N) is 1. The maximum Gasteiger partial charge on any atom is 0.250 e. The zero-order chi connectivity index (χ0) is 23.8. The summed E-state index contributed by atoms with van der Waals surface area (Å²) in [4.78, 5) is 14.6. The van der Waals surface area contributed by atoms with Crippen molar-refractivity contribution in [1.29, 1.82) is 0 Å². The van der Waals surface area contributed by atoms with Crippen LogP contribution in [-0.2, 0) is 0 Å². The van der Waals surface area contributed by atoms with Crippen molar-refractivity contribution < 1.29 is 4.79 Å². The summed E-state index contributed by atoms with van der Waals surface area (Å²) in [5, 5.41) is 7.59. The third-order valence-electron chi connectivity index (χ3n) is 5.94. The third kappa shape index (κ3) is 5.18. The average Bonchev–Trinajstić information content (AvgIpc) is 2.75. The van der Waals surface area contributed by atoms with Crippen molar-refractivity contribution in [1.82, 2.24) is 5.32 Å². The van der Waals surface area contributed by atoms with Gasteiger partial charge in [0.15, 0.2) is 0 Å². The van der Waals surface area contributed by atoms with Crippen molar-refractivity contribution in [2.45, 2.75) is 26.3 Å². The number of halogens is 2. The number of primary amides is 1. The molecule has 33 heavy (non-hydrogen) atoms. The number of anilines is 3. The normalized spacial score (nSPS) is 15.4. The van der Waals surface area contributed by atoms with E-state index in [4.69, 9.17) is 17.3 Å². The van der Waals surface area contributed by atoms with Crippen LogP contribution >= 0.6 is 27.5 Å². The van der Waals surface area contributed by atoms with Gasteiger partial charge in [-0.1, -0.05) is 35.9 Å². The van der Waals surface area contributed by atoms with Crippen LogP contribution in [0.2, 0.25) is 5.02 Å². The molecule has 0 spiro atoms. The van der Waals surface area contributed by atoms with E-state index in [1.54, 1.807) is 6.07 Å². The quantitative estimate of drug-likeness (QED) is 0.374. The molecule has 3 aromatic rings. The topological polar surface area (TPSA) is 70.4 Å². The molecule has 0 aromatic heterocycles. The van der Waals surface area contributed by atoms with Crippen molar-refractivity contribution in [3.63, 3.8) is 0 Å². The summed E-state index contributed by atoms with van der Waals surface area (Å²) in [6.07, 6.45) is 0. The summed E-state index contributed by atoms with van der Waals surface area (Å²) in [5.74, 6) is -0.490. The molecule has 0 aliphatic carbocycles. The lowest BCUT2D eigenvalue weighted by Crippen LogP contribution is -2.57. The van der Waals surface area contributed by atoms with Crippen molar-refractivity contribution in [2.24, 2.45) is 5.73 Å². The van der Waals surface area contributed by atoms with Crippen LogP contribution < -0.4 is 21.3 Å². The van der Waals surface area contributed by atoms with E-state index in [1.807, 2.05) is 37.3 Å². The summed E-state index contributed by atoms with van der Waals surface area (Å²) < 4.78 is 1.01. The van der Waals surface area contributed by atoms with Gasteiger partial charge in [-0.15, -0.1) is 0 Å². The van der Waals surface area contributed by atoms with E-state index in [0.717, 1.165) is 52.2 Å². The molecule has 1 heterocycles. The Morgan fingerprint density at radius 3 is 2.64 bits per heavy atom. The molecular weight excluding hydrogens is 500 g/mol. The van der Waals surface area contributed by atoms with Crippen molar-refractivity contribution in [3.8, 4) is 11.1 Å². The molecule has 4 rings (SSSR count). The van der Waals surface area contributed by atoms with Crippen LogP contribution in [-0.4, -0.2) is 31.1 Å². The molecule has 0 atom stereocenters. The molecular formula is C26H28BrClN4O. The van der Waals surface area contributed by atoms with Crippen LogP contribution in [0, 0.1) is 6.92 Å². The Morgan fingerprint density at radius 1 is 1.18 bits per heavy atom. The summed E-state index contributed by atoms with van der Waals surface area (Å²) in [6, 6.07) is 17.6. The second kappa shape index (κ2) is 9.37. The summed E-state index contributed by atoms with van der Waals surface area (Å²) in [5.41, 5.74) is 11.6. The number of nitrogens with two attached hydrogens (primary N) is 1. The zero-order valence-corrected chi connectivity index (χ0v) is 21.3. The van der Waals surface area contributed by atoms with Gasteiger partial charge in [0.25, 0.3) is 5.91 Å². The van der Waals surface area contributed by atoms with Crippen LogP contribution in [0.1, 0.15) is 29.8 Å². The molecule has 0 radical (unpaired) electrons. The van der Waals surface area contributed by atoms with E-state index < -0.39 is 5.91 Å². The fraction of sp³-hybridized carbons (Fsp3) is 0.269. The number of benzene rings is 3. The summed E-state index contributed by atoms with van der Waals surface area (Å²) >= 11 is 10.1. The number of hydrogen-bond donors (Lipinski definition) is 3. The van der Waals surface area contributed by atoms with E-state index in [-0.39, 0.29) is 5.54 Å². The van der Waals surface area contributed by atoms with E-state index >= 15 is 0 Å². The van der Waals surface area contributed by atoms with Gasteiger partial charge in [0.1, 0.15) is 0 Å². The molecule has 1 aliphatic rings. The number of piperazine rings is 1. The number of rotatable bonds is 5. The molecule has 1 aliphatic heterocycles. The monoisotopic (exact) mass is 526 g/mol. The molecule has 1 fully saturated rings. The number of nitrogens with one attached hydrogen (secondary N) is 2. The van der Waals surface area contributed by atoms with Gasteiger partial charge < -0.3 is 21.3 Å². The molecule has 0 unspecified atom stereocenters. The molecule has 7 heteroatoms. The smallest absolute Gasteiger partial charge is 0.250 e. The number of aryl methyl sites for hydroxylation is 1. The standard InChI is InChI=1S/C26H28BrClN4O/c1-16-7-9-18(14-22(16)28)31-24-19(5-4-6-20(24)25(29)33)17-8-10-23(21(27)13-17)32-12-11-30-26(2,3)15-32/h4-10,13-14,30-31H,11-12,15H2,1-3H3,(H2,29,33). The van der Waals surface area contributed by atoms with Gasteiger partial charge in [-0.25, -0.2) is 0 Å². The Balaban J connectivity index is 1.74. The van der Waals surface area contributed by atoms with Gasteiger partial charge in [0.2, 0.25) is 0 Å². The predicted molar refractivity (Wildman–Crippen MR) is 142 cm³/mol. The Kier molecular flexibility index (Phi) is 6.71. The van der Waals surface area contributed by atoms with Gasteiger partial charge in [-0.3, -0.25) is 4.79 Å². The van der Waals surface area contributed by atoms with Crippen molar-refractivity contribution in [2.75, 3.05) is 29.9 Å². The summed E-state index contributed by atoms with van der Waals surface area (Å²) in [6.45, 7) is 9.18. The Bertz CT molecular complexity index is 1210. The van der Waals surface area contributed by atoms with E-state index in [2.05, 4.69) is 63.5 Å². The lowest BCUT2D eigenvalue weighted by molar-refractivity contribution is 0.100. The average molecular weight is 528 g/mol. The molecule has 1 saturated heterocycles. The molecule has 5 nitrogen and oxygen atoms in total. The Hall–Kier alpha value is -2.54. The van der Waals surface area contributed by atoms with Gasteiger partial charge in [0, 0.05) is 45.9 Å². The lowest BCUT2D eigenvalue weighted by atomic mass is 9.98. The van der Waals surface area contributed by atoms with Crippen LogP contribution in [0.25, 0.3) is 11.1 Å². The van der Waals surface area contributed by atoms with Gasteiger partial charge in [-0.2, -0.15) is 0 Å². The highest BCUT2D eigenvalue weighted by molar-refractivity contribution is 9.10. The minimum absolute atomic E-state index is 0.0541. The first-order chi connectivity index (χ1) is 15.6. The first-order valence-corrected chi connectivity index (χ1v) is 12.1. The van der Waals surface area contributed by atoms with Crippen LogP contribution in [0.3, 0.4) is 0 Å². The fourth-order valence-corrected chi connectivity index (χ4v) is 5.04. The van der Waals surface area contributed by atoms with Gasteiger partial charge in [0.05, 0.1) is 16.9 Å². The molecule has 3 aromatic carbocycles. The first-order valence-electron chi connectivity index (χ1n) is 10.9. The zero-order valence-electron chi connectivity index (χ0n) is 19.0. The lowest BCUT2D eigenvalue weighted by Gasteiger charge is -2.40. The predicted octanol–water partition coefficient (Wildman–Crippen LogP) is 6.11. The summed E-state index contributed by atoms with van der Waals surface area (Å²) in [7, 11) is 0. The number of carbonyl (C=O) groups is 1.